The second-order valence-corrected chi connectivity index (χ2v) is 3.14. The molecule has 0 bridgehead atoms. The van der Waals surface area contributed by atoms with Gasteiger partial charge in [0.05, 0.1) is 5.92 Å². The third-order valence-electron chi connectivity index (χ3n) is 2.32. The van der Waals surface area contributed by atoms with Crippen LogP contribution in [0.25, 0.3) is 0 Å². The zero-order valence-corrected chi connectivity index (χ0v) is 7.23. The van der Waals surface area contributed by atoms with E-state index in [9.17, 15) is 14.7 Å². The molecule has 0 atom stereocenters. The van der Waals surface area contributed by atoms with Crippen molar-refractivity contribution in [3.05, 3.63) is 0 Å². The average molecular weight is 186 g/mol. The molecule has 0 unspecified atom stereocenters. The Morgan fingerprint density at radius 2 is 1.85 bits per heavy atom. The summed E-state index contributed by atoms with van der Waals surface area (Å²) in [6.07, 6.45) is 0.919. The first-order valence-corrected chi connectivity index (χ1v) is 4.24. The largest absolute Gasteiger partial charge is 0.481 e. The lowest BCUT2D eigenvalue weighted by Gasteiger charge is -2.29. The lowest BCUT2D eigenvalue weighted by Crippen LogP contribution is -2.41. The van der Waals surface area contributed by atoms with Gasteiger partial charge in [-0.15, -0.1) is 0 Å². The molecule has 0 spiro atoms. The van der Waals surface area contributed by atoms with Crippen molar-refractivity contribution in [3.8, 4) is 0 Å². The van der Waals surface area contributed by atoms with Gasteiger partial charge in [0.25, 0.3) is 5.91 Å². The summed E-state index contributed by atoms with van der Waals surface area (Å²) in [4.78, 5) is 22.9. The topological polar surface area (TPSA) is 77.5 Å². The maximum atomic E-state index is 10.9. The van der Waals surface area contributed by atoms with Gasteiger partial charge in [-0.25, -0.2) is 5.11 Å². The summed E-state index contributed by atoms with van der Waals surface area (Å²) in [7, 11) is 0. The number of carbonyl (C=O) groups excluding carboxylic acids is 1. The van der Waals surface area contributed by atoms with Crippen molar-refractivity contribution in [2.45, 2.75) is 12.8 Å². The Labute approximate surface area is 76.0 Å². The summed E-state index contributed by atoms with van der Waals surface area (Å²) in [6.45, 7) is 0.0633. The number of carboxylic acids is 1. The average Bonchev–Trinajstić information content (AvgIpc) is 2.17. The minimum absolute atomic E-state index is 0.351. The van der Waals surface area contributed by atoms with Crippen LogP contribution in [-0.2, 0) is 14.7 Å². The number of carbonyl (C=O) groups is 2. The number of hydrogen-bond donors (Lipinski definition) is 1. The van der Waals surface area contributed by atoms with Gasteiger partial charge in [-0.2, -0.15) is 0 Å². The maximum Gasteiger partial charge on any atom is 0.306 e. The van der Waals surface area contributed by atoms with Crippen LogP contribution in [0, 0.1) is 5.92 Å². The van der Waals surface area contributed by atoms with E-state index in [2.05, 4.69) is 0 Å². The van der Waals surface area contributed by atoms with E-state index in [1.807, 2.05) is 0 Å². The van der Waals surface area contributed by atoms with Crippen molar-refractivity contribution >= 4 is 11.9 Å². The summed E-state index contributed by atoms with van der Waals surface area (Å²) >= 11 is 0. The van der Waals surface area contributed by atoms with Crippen molar-refractivity contribution in [3.63, 3.8) is 0 Å². The highest BCUT2D eigenvalue weighted by Crippen LogP contribution is 2.16. The molecule has 0 aromatic carbocycles. The Hall–Kier alpha value is -1.10. The van der Waals surface area contributed by atoms with Crippen LogP contribution in [0.1, 0.15) is 12.8 Å². The molecule has 1 saturated heterocycles. The molecule has 1 N–H and O–H groups in total. The quantitative estimate of drug-likeness (QED) is 0.645. The smallest absolute Gasteiger partial charge is 0.306 e. The molecule has 1 radical (unpaired) electrons. The number of aliphatic carboxylic acids is 1. The number of likely N-dealkylation sites (tertiary alicyclic amines) is 1. The van der Waals surface area contributed by atoms with Gasteiger partial charge in [-0.3, -0.25) is 9.59 Å². The predicted molar refractivity (Wildman–Crippen MR) is 42.5 cm³/mol. The third-order valence-corrected chi connectivity index (χ3v) is 2.32. The SMILES string of the molecule is [O]CC(=O)N1CCC(C(=O)O)CC1. The molecule has 5 heteroatoms. The first-order chi connectivity index (χ1) is 6.15. The van der Waals surface area contributed by atoms with Gasteiger partial charge in [-0.1, -0.05) is 0 Å². The van der Waals surface area contributed by atoms with Crippen molar-refractivity contribution in [1.29, 1.82) is 0 Å². The van der Waals surface area contributed by atoms with Crippen molar-refractivity contribution < 1.29 is 19.8 Å². The van der Waals surface area contributed by atoms with Gasteiger partial charge in [0.15, 0.2) is 6.61 Å². The minimum Gasteiger partial charge on any atom is -0.481 e. The Balaban J connectivity index is 2.39. The Kier molecular flexibility index (Phi) is 3.25. The highest BCUT2D eigenvalue weighted by molar-refractivity contribution is 5.77. The lowest BCUT2D eigenvalue weighted by atomic mass is 9.97. The van der Waals surface area contributed by atoms with Crippen molar-refractivity contribution in [2.24, 2.45) is 5.92 Å². The molecule has 0 aromatic heterocycles. The van der Waals surface area contributed by atoms with E-state index in [1.165, 1.54) is 4.90 Å². The van der Waals surface area contributed by atoms with Gasteiger partial charge in [0, 0.05) is 13.1 Å². The number of hydrogen-bond acceptors (Lipinski definition) is 2. The molecular formula is C8H12NO4. The highest BCUT2D eigenvalue weighted by Gasteiger charge is 2.26. The second-order valence-electron chi connectivity index (χ2n) is 3.14. The molecule has 0 saturated carbocycles. The first-order valence-electron chi connectivity index (χ1n) is 4.24. The van der Waals surface area contributed by atoms with Crippen molar-refractivity contribution in [1.82, 2.24) is 4.90 Å². The van der Waals surface area contributed by atoms with Gasteiger partial charge in [0.1, 0.15) is 0 Å². The molecule has 5 nitrogen and oxygen atoms in total. The molecule has 1 aliphatic rings. The van der Waals surface area contributed by atoms with Gasteiger partial charge < -0.3 is 10.0 Å². The van der Waals surface area contributed by atoms with Crippen LogP contribution in [0.3, 0.4) is 0 Å². The van der Waals surface area contributed by atoms with Crippen molar-refractivity contribution in [2.75, 3.05) is 19.7 Å². The number of piperidine rings is 1. The van der Waals surface area contributed by atoms with E-state index in [1.54, 1.807) is 0 Å². The molecule has 1 fully saturated rings. The number of nitrogens with zero attached hydrogens (tertiary/aromatic N) is 1. The predicted octanol–water partition coefficient (Wildman–Crippen LogP) is -0.260. The summed E-state index contributed by atoms with van der Waals surface area (Å²) < 4.78 is 0. The van der Waals surface area contributed by atoms with Crippen LogP contribution < -0.4 is 0 Å². The summed E-state index contributed by atoms with van der Waals surface area (Å²) in [6, 6.07) is 0. The molecular weight excluding hydrogens is 174 g/mol. The maximum absolute atomic E-state index is 10.9. The van der Waals surface area contributed by atoms with E-state index >= 15 is 0 Å². The summed E-state index contributed by atoms with van der Waals surface area (Å²) in [5.74, 6) is -1.59. The minimum atomic E-state index is -0.811. The van der Waals surface area contributed by atoms with Crippen LogP contribution in [-0.4, -0.2) is 41.6 Å². The van der Waals surface area contributed by atoms with E-state index in [4.69, 9.17) is 5.11 Å². The normalized spacial score (nSPS) is 18.7. The van der Waals surface area contributed by atoms with Gasteiger partial charge in [0.2, 0.25) is 0 Å². The number of carboxylic acid groups (broad SMARTS) is 1. The molecule has 0 aliphatic carbocycles. The summed E-state index contributed by atoms with van der Waals surface area (Å²) in [5.41, 5.74) is 0. The first kappa shape index (κ1) is 9.98. The molecule has 1 rings (SSSR count). The van der Waals surface area contributed by atoms with Gasteiger partial charge >= 0.3 is 5.97 Å². The Morgan fingerprint density at radius 3 is 2.23 bits per heavy atom. The van der Waals surface area contributed by atoms with Crippen LogP contribution in [0.4, 0.5) is 0 Å². The Bertz CT molecular complexity index is 208. The zero-order chi connectivity index (χ0) is 9.84. The summed E-state index contributed by atoms with van der Waals surface area (Å²) in [5, 5.41) is 18.9. The fourth-order valence-corrected chi connectivity index (χ4v) is 1.47. The van der Waals surface area contributed by atoms with Gasteiger partial charge in [-0.05, 0) is 12.8 Å². The van der Waals surface area contributed by atoms with Crippen LogP contribution in [0.5, 0.6) is 0 Å². The van der Waals surface area contributed by atoms with Crippen LogP contribution in [0.15, 0.2) is 0 Å². The fraction of sp³-hybridized carbons (Fsp3) is 0.750. The van der Waals surface area contributed by atoms with Crippen LogP contribution in [0.2, 0.25) is 0 Å². The standard InChI is InChI=1S/C8H12NO4/c10-5-7(11)9-3-1-6(2-4-9)8(12)13/h6H,1-5H2,(H,12,13). The number of amides is 1. The van der Waals surface area contributed by atoms with E-state index in [0.717, 1.165) is 0 Å². The Morgan fingerprint density at radius 1 is 1.31 bits per heavy atom. The zero-order valence-electron chi connectivity index (χ0n) is 7.23. The van der Waals surface area contributed by atoms with E-state index < -0.39 is 18.5 Å². The molecule has 1 aliphatic heterocycles. The molecule has 0 aromatic rings. The lowest BCUT2D eigenvalue weighted by molar-refractivity contribution is -0.146. The van der Waals surface area contributed by atoms with E-state index in [-0.39, 0.29) is 5.92 Å². The molecule has 1 amide bonds. The second kappa shape index (κ2) is 4.23. The molecule has 13 heavy (non-hydrogen) atoms. The molecule has 73 valence electrons. The fourth-order valence-electron chi connectivity index (χ4n) is 1.47. The number of rotatable bonds is 2. The van der Waals surface area contributed by atoms with E-state index in [0.29, 0.717) is 25.9 Å². The molecule has 1 heterocycles. The van der Waals surface area contributed by atoms with Crippen LogP contribution >= 0.6 is 0 Å². The monoisotopic (exact) mass is 186 g/mol. The highest BCUT2D eigenvalue weighted by atomic mass is 16.4. The third kappa shape index (κ3) is 2.42.